The summed E-state index contributed by atoms with van der Waals surface area (Å²) < 4.78 is 10.7. The standard InChI is InChI=1S/C26H24Cl2N2O5/c1-16-3-7-21(13-17(16)2)35-20-8-5-19(6-9-20)29-24(31)11-12-26(33)34-15-25(32)30-23-14-18(27)4-10-22(23)28/h3-10,13-14H,11-12,15H2,1-2H3,(H,29,31)(H,30,32). The molecule has 7 nitrogen and oxygen atoms in total. The highest BCUT2D eigenvalue weighted by Crippen LogP contribution is 2.26. The maximum absolute atomic E-state index is 12.2. The van der Waals surface area contributed by atoms with Gasteiger partial charge >= 0.3 is 5.97 Å². The zero-order valence-electron chi connectivity index (χ0n) is 19.2. The zero-order valence-corrected chi connectivity index (χ0v) is 20.7. The van der Waals surface area contributed by atoms with Gasteiger partial charge in [-0.1, -0.05) is 29.3 Å². The lowest BCUT2D eigenvalue weighted by molar-refractivity contribution is -0.147. The van der Waals surface area contributed by atoms with E-state index in [4.69, 9.17) is 32.7 Å². The Bertz CT molecular complexity index is 1230. The molecule has 0 radical (unpaired) electrons. The topological polar surface area (TPSA) is 93.7 Å². The Balaban J connectivity index is 1.39. The minimum Gasteiger partial charge on any atom is -0.457 e. The Labute approximate surface area is 213 Å². The number of anilines is 2. The Morgan fingerprint density at radius 3 is 2.20 bits per heavy atom. The molecule has 0 atom stereocenters. The van der Waals surface area contributed by atoms with Crippen LogP contribution in [0.1, 0.15) is 24.0 Å². The fourth-order valence-corrected chi connectivity index (χ4v) is 3.29. The van der Waals surface area contributed by atoms with Gasteiger partial charge in [-0.3, -0.25) is 14.4 Å². The van der Waals surface area contributed by atoms with Gasteiger partial charge in [-0.25, -0.2) is 0 Å². The lowest BCUT2D eigenvalue weighted by Crippen LogP contribution is -2.22. The number of hydrogen-bond donors (Lipinski definition) is 2. The molecule has 2 N–H and O–H groups in total. The van der Waals surface area contributed by atoms with Crippen LogP contribution in [0, 0.1) is 13.8 Å². The lowest BCUT2D eigenvalue weighted by atomic mass is 10.1. The van der Waals surface area contributed by atoms with Crippen LogP contribution >= 0.6 is 23.2 Å². The summed E-state index contributed by atoms with van der Waals surface area (Å²) in [6.45, 7) is 3.54. The maximum Gasteiger partial charge on any atom is 0.306 e. The Morgan fingerprint density at radius 1 is 0.771 bits per heavy atom. The molecule has 0 saturated heterocycles. The van der Waals surface area contributed by atoms with E-state index in [9.17, 15) is 14.4 Å². The third-order valence-electron chi connectivity index (χ3n) is 4.98. The fraction of sp³-hybridized carbons (Fsp3) is 0.192. The molecular formula is C26H24Cl2N2O5. The van der Waals surface area contributed by atoms with E-state index < -0.39 is 18.5 Å². The van der Waals surface area contributed by atoms with Gasteiger partial charge in [0, 0.05) is 17.1 Å². The number of aryl methyl sites for hydroxylation is 2. The fourth-order valence-electron chi connectivity index (χ4n) is 2.96. The van der Waals surface area contributed by atoms with Crippen LogP contribution in [0.5, 0.6) is 11.5 Å². The highest BCUT2D eigenvalue weighted by Gasteiger charge is 2.12. The van der Waals surface area contributed by atoms with Gasteiger partial charge < -0.3 is 20.1 Å². The molecule has 0 saturated carbocycles. The molecule has 35 heavy (non-hydrogen) atoms. The first-order chi connectivity index (χ1) is 16.7. The number of ether oxygens (including phenoxy) is 2. The van der Waals surface area contributed by atoms with Gasteiger partial charge in [-0.05, 0) is 79.6 Å². The second-order valence-electron chi connectivity index (χ2n) is 7.75. The summed E-state index contributed by atoms with van der Waals surface area (Å²) in [6.07, 6.45) is -0.271. The summed E-state index contributed by atoms with van der Waals surface area (Å²) in [5, 5.41) is 5.91. The Kier molecular flexibility index (Phi) is 9.11. The predicted molar refractivity (Wildman–Crippen MR) is 136 cm³/mol. The van der Waals surface area contributed by atoms with Gasteiger partial charge in [0.05, 0.1) is 17.1 Å². The number of carbonyl (C=O) groups excluding carboxylic acids is 3. The smallest absolute Gasteiger partial charge is 0.306 e. The molecule has 0 fully saturated rings. The quantitative estimate of drug-likeness (QED) is 0.326. The molecule has 0 aliphatic carbocycles. The molecule has 182 valence electrons. The molecule has 3 aromatic carbocycles. The van der Waals surface area contributed by atoms with E-state index in [0.717, 1.165) is 11.3 Å². The second kappa shape index (κ2) is 12.2. The molecule has 3 rings (SSSR count). The molecule has 2 amide bonds. The molecule has 0 unspecified atom stereocenters. The van der Waals surface area contributed by atoms with E-state index in [1.54, 1.807) is 30.3 Å². The molecule has 9 heteroatoms. The van der Waals surface area contributed by atoms with Crippen molar-refractivity contribution in [1.82, 2.24) is 0 Å². The van der Waals surface area contributed by atoms with Gasteiger partial charge in [-0.15, -0.1) is 0 Å². The first kappa shape index (κ1) is 26.1. The summed E-state index contributed by atoms with van der Waals surface area (Å²) in [4.78, 5) is 36.0. The molecule has 0 aromatic heterocycles. The number of esters is 1. The van der Waals surface area contributed by atoms with Crippen molar-refractivity contribution in [2.45, 2.75) is 26.7 Å². The number of nitrogens with one attached hydrogen (secondary N) is 2. The molecule has 0 spiro atoms. The van der Waals surface area contributed by atoms with Crippen molar-refractivity contribution in [3.63, 3.8) is 0 Å². The van der Waals surface area contributed by atoms with Crippen LogP contribution in [0.15, 0.2) is 60.7 Å². The van der Waals surface area contributed by atoms with E-state index in [1.807, 2.05) is 32.0 Å². The lowest BCUT2D eigenvalue weighted by Gasteiger charge is -2.10. The highest BCUT2D eigenvalue weighted by molar-refractivity contribution is 6.35. The number of benzene rings is 3. The molecular weight excluding hydrogens is 491 g/mol. The van der Waals surface area contributed by atoms with Crippen LogP contribution in [-0.4, -0.2) is 24.4 Å². The minimum atomic E-state index is -0.676. The van der Waals surface area contributed by atoms with E-state index in [2.05, 4.69) is 10.6 Å². The SMILES string of the molecule is Cc1ccc(Oc2ccc(NC(=O)CCC(=O)OCC(=O)Nc3cc(Cl)ccc3Cl)cc2)cc1C. The van der Waals surface area contributed by atoms with Gasteiger partial charge in [0.1, 0.15) is 11.5 Å². The minimum absolute atomic E-state index is 0.0958. The maximum atomic E-state index is 12.2. The average Bonchev–Trinajstić information content (AvgIpc) is 2.82. The normalized spacial score (nSPS) is 10.4. The van der Waals surface area contributed by atoms with Gasteiger partial charge in [0.25, 0.3) is 5.91 Å². The molecule has 0 bridgehead atoms. The second-order valence-corrected chi connectivity index (χ2v) is 8.60. The van der Waals surface area contributed by atoms with Crippen LogP contribution < -0.4 is 15.4 Å². The van der Waals surface area contributed by atoms with Crippen molar-refractivity contribution >= 4 is 52.4 Å². The van der Waals surface area contributed by atoms with Gasteiger partial charge in [0.15, 0.2) is 6.61 Å². The molecule has 0 heterocycles. The zero-order chi connectivity index (χ0) is 25.4. The average molecular weight is 515 g/mol. The van der Waals surface area contributed by atoms with E-state index in [0.29, 0.717) is 27.2 Å². The van der Waals surface area contributed by atoms with Crippen molar-refractivity contribution in [3.8, 4) is 11.5 Å². The first-order valence-corrected chi connectivity index (χ1v) is 11.5. The summed E-state index contributed by atoms with van der Waals surface area (Å²) in [5.41, 5.74) is 3.19. The van der Waals surface area contributed by atoms with Crippen molar-refractivity contribution in [1.29, 1.82) is 0 Å². The van der Waals surface area contributed by atoms with Crippen molar-refractivity contribution in [2.75, 3.05) is 17.2 Å². The third kappa shape index (κ3) is 8.31. The third-order valence-corrected chi connectivity index (χ3v) is 5.54. The monoisotopic (exact) mass is 514 g/mol. The first-order valence-electron chi connectivity index (χ1n) is 10.7. The molecule has 0 aliphatic rings. The van der Waals surface area contributed by atoms with Crippen molar-refractivity contribution < 1.29 is 23.9 Å². The van der Waals surface area contributed by atoms with Crippen LogP contribution in [-0.2, 0) is 19.1 Å². The van der Waals surface area contributed by atoms with Crippen LogP contribution in [0.2, 0.25) is 10.0 Å². The van der Waals surface area contributed by atoms with E-state index >= 15 is 0 Å². The number of rotatable bonds is 9. The largest absolute Gasteiger partial charge is 0.457 e. The number of carbonyl (C=O) groups is 3. The van der Waals surface area contributed by atoms with Crippen molar-refractivity contribution in [3.05, 3.63) is 81.8 Å². The van der Waals surface area contributed by atoms with Crippen LogP contribution in [0.25, 0.3) is 0 Å². The van der Waals surface area contributed by atoms with E-state index in [1.165, 1.54) is 17.7 Å². The highest BCUT2D eigenvalue weighted by atomic mass is 35.5. The summed E-state index contributed by atoms with van der Waals surface area (Å²) in [6, 6.07) is 17.3. The van der Waals surface area contributed by atoms with Crippen LogP contribution in [0.3, 0.4) is 0 Å². The Hall–Kier alpha value is -3.55. The van der Waals surface area contributed by atoms with E-state index in [-0.39, 0.29) is 18.7 Å². The summed E-state index contributed by atoms with van der Waals surface area (Å²) in [5.74, 6) is -0.250. The summed E-state index contributed by atoms with van der Waals surface area (Å²) >= 11 is 11.8. The molecule has 3 aromatic rings. The number of hydrogen-bond acceptors (Lipinski definition) is 5. The van der Waals surface area contributed by atoms with Crippen molar-refractivity contribution in [2.24, 2.45) is 0 Å². The van der Waals surface area contributed by atoms with Crippen LogP contribution in [0.4, 0.5) is 11.4 Å². The predicted octanol–water partition coefficient (Wildman–Crippen LogP) is 6.30. The number of halogens is 2. The molecule has 0 aliphatic heterocycles. The Morgan fingerprint density at radius 2 is 1.49 bits per heavy atom. The number of amides is 2. The van der Waals surface area contributed by atoms with Gasteiger partial charge in [0.2, 0.25) is 5.91 Å². The van der Waals surface area contributed by atoms with Gasteiger partial charge in [-0.2, -0.15) is 0 Å². The summed E-state index contributed by atoms with van der Waals surface area (Å²) in [7, 11) is 0.